The van der Waals surface area contributed by atoms with Crippen molar-refractivity contribution >= 4 is 21.7 Å². The van der Waals surface area contributed by atoms with Crippen molar-refractivity contribution in [3.05, 3.63) is 30.7 Å². The van der Waals surface area contributed by atoms with Gasteiger partial charge in [-0.3, -0.25) is 5.32 Å². The van der Waals surface area contributed by atoms with Gasteiger partial charge in [-0.25, -0.2) is 22.6 Å². The lowest BCUT2D eigenvalue weighted by Gasteiger charge is -2.37. The number of alkyl halides is 1. The molecule has 1 aliphatic rings. The average Bonchev–Trinajstić information content (AvgIpc) is 3.21. The number of halogens is 1. The molecule has 28 heavy (non-hydrogen) atoms. The van der Waals surface area contributed by atoms with Crippen LogP contribution in [0.1, 0.15) is 19.8 Å². The van der Waals surface area contributed by atoms with E-state index in [2.05, 4.69) is 20.0 Å². The second-order valence-corrected chi connectivity index (χ2v) is 8.88. The van der Waals surface area contributed by atoms with Crippen LogP contribution in [0, 0.1) is 5.92 Å². The molecule has 3 heterocycles. The van der Waals surface area contributed by atoms with E-state index >= 15 is 4.39 Å². The molecule has 0 radical (unpaired) electrons. The van der Waals surface area contributed by atoms with E-state index in [9.17, 15) is 13.2 Å². The van der Waals surface area contributed by atoms with Crippen LogP contribution in [0.2, 0.25) is 0 Å². The Hall–Kier alpha value is -2.69. The molecule has 0 bridgehead atoms. The van der Waals surface area contributed by atoms with Crippen LogP contribution in [0.4, 0.5) is 15.0 Å². The van der Waals surface area contributed by atoms with Gasteiger partial charge in [-0.15, -0.1) is 0 Å². The standard InChI is InChI=1S/C17H21FN4O5S/c1-17(18,28(24,25)13-3-4-15(26-2)19-11-13)12-5-8-22(9-6-12)16(23)20-14-7-10-27-21-14/h3-4,7,10-12H,5-6,8-9H2,1-2H3,(H,20,21,23). The third-order valence-corrected chi connectivity index (χ3v) is 7.18. The SMILES string of the molecule is COc1ccc(S(=O)(=O)C(C)(F)C2CCN(C(=O)Nc3ccon3)CC2)cn1. The first-order valence-corrected chi connectivity index (χ1v) is 10.1. The maximum absolute atomic E-state index is 15.5. The Kier molecular flexibility index (Phi) is 5.54. The van der Waals surface area contributed by atoms with Crippen molar-refractivity contribution in [2.45, 2.75) is 29.7 Å². The quantitative estimate of drug-likeness (QED) is 0.802. The largest absolute Gasteiger partial charge is 0.481 e. The summed E-state index contributed by atoms with van der Waals surface area (Å²) in [6, 6.07) is 3.76. The molecule has 1 N–H and O–H groups in total. The summed E-state index contributed by atoms with van der Waals surface area (Å²) >= 11 is 0. The van der Waals surface area contributed by atoms with E-state index in [-0.39, 0.29) is 42.5 Å². The van der Waals surface area contributed by atoms with Crippen molar-refractivity contribution in [2.24, 2.45) is 5.92 Å². The van der Waals surface area contributed by atoms with Crippen LogP contribution in [-0.2, 0) is 9.84 Å². The summed E-state index contributed by atoms with van der Waals surface area (Å²) in [5.74, 6) is -0.237. The van der Waals surface area contributed by atoms with Gasteiger partial charge in [-0.2, -0.15) is 0 Å². The number of pyridine rings is 1. The van der Waals surface area contributed by atoms with E-state index in [1.165, 1.54) is 36.5 Å². The first-order valence-electron chi connectivity index (χ1n) is 8.65. The number of carbonyl (C=O) groups excluding carboxylic acids is 1. The first-order chi connectivity index (χ1) is 13.3. The van der Waals surface area contributed by atoms with Gasteiger partial charge < -0.3 is 14.2 Å². The molecule has 1 atom stereocenters. The molecular formula is C17H21FN4O5S. The second-order valence-electron chi connectivity index (χ2n) is 6.60. The number of ether oxygens (including phenoxy) is 1. The van der Waals surface area contributed by atoms with E-state index in [0.29, 0.717) is 0 Å². The Labute approximate surface area is 161 Å². The van der Waals surface area contributed by atoms with Crippen molar-refractivity contribution in [3.8, 4) is 5.88 Å². The van der Waals surface area contributed by atoms with Crippen LogP contribution in [0.15, 0.2) is 40.1 Å². The highest BCUT2D eigenvalue weighted by atomic mass is 32.2. The number of carbonyl (C=O) groups is 1. The fourth-order valence-corrected chi connectivity index (χ4v) is 4.73. The number of methoxy groups -OCH3 is 1. The van der Waals surface area contributed by atoms with E-state index in [4.69, 9.17) is 4.74 Å². The minimum Gasteiger partial charge on any atom is -0.481 e. The number of anilines is 1. The molecule has 1 aliphatic heterocycles. The molecule has 11 heteroatoms. The van der Waals surface area contributed by atoms with E-state index in [0.717, 1.165) is 13.1 Å². The zero-order valence-electron chi connectivity index (χ0n) is 15.5. The highest BCUT2D eigenvalue weighted by molar-refractivity contribution is 7.92. The Morgan fingerprint density at radius 3 is 2.61 bits per heavy atom. The van der Waals surface area contributed by atoms with Crippen molar-refractivity contribution in [1.82, 2.24) is 15.0 Å². The second kappa shape index (κ2) is 7.74. The van der Waals surface area contributed by atoms with Crippen LogP contribution < -0.4 is 10.1 Å². The normalized spacial score (nSPS) is 17.8. The lowest BCUT2D eigenvalue weighted by atomic mass is 9.92. The topological polar surface area (TPSA) is 115 Å². The zero-order valence-corrected chi connectivity index (χ0v) is 16.3. The molecule has 3 rings (SSSR count). The molecule has 2 amide bonds. The van der Waals surface area contributed by atoms with Crippen LogP contribution in [0.25, 0.3) is 0 Å². The van der Waals surface area contributed by atoms with Crippen molar-refractivity contribution in [1.29, 1.82) is 0 Å². The highest BCUT2D eigenvalue weighted by Crippen LogP contribution is 2.39. The van der Waals surface area contributed by atoms with Crippen LogP contribution >= 0.6 is 0 Å². The smallest absolute Gasteiger partial charge is 0.323 e. The molecule has 0 spiro atoms. The predicted octanol–water partition coefficient (Wildman–Crippen LogP) is 2.48. The molecule has 1 unspecified atom stereocenters. The summed E-state index contributed by atoms with van der Waals surface area (Å²) in [7, 11) is -2.86. The fourth-order valence-electron chi connectivity index (χ4n) is 3.16. The molecule has 9 nitrogen and oxygen atoms in total. The van der Waals surface area contributed by atoms with Gasteiger partial charge in [0.25, 0.3) is 0 Å². The molecule has 0 aromatic carbocycles. The molecule has 0 saturated carbocycles. The number of rotatable bonds is 5. The molecule has 0 aliphatic carbocycles. The summed E-state index contributed by atoms with van der Waals surface area (Å²) < 4.78 is 50.6. The number of piperidine rings is 1. The van der Waals surface area contributed by atoms with E-state index < -0.39 is 26.8 Å². The Morgan fingerprint density at radius 2 is 2.07 bits per heavy atom. The molecular weight excluding hydrogens is 391 g/mol. The van der Waals surface area contributed by atoms with E-state index in [1.807, 2.05) is 0 Å². The van der Waals surface area contributed by atoms with Gasteiger partial charge in [0.05, 0.1) is 12.0 Å². The van der Waals surface area contributed by atoms with Crippen LogP contribution in [0.3, 0.4) is 0 Å². The Morgan fingerprint density at radius 1 is 1.36 bits per heavy atom. The molecule has 2 aromatic heterocycles. The zero-order chi connectivity index (χ0) is 20.4. The van der Waals surface area contributed by atoms with E-state index in [1.54, 1.807) is 0 Å². The molecule has 1 saturated heterocycles. The number of nitrogens with one attached hydrogen (secondary N) is 1. The lowest BCUT2D eigenvalue weighted by Crippen LogP contribution is -2.48. The third kappa shape index (κ3) is 3.79. The van der Waals surface area contributed by atoms with Crippen LogP contribution in [0.5, 0.6) is 5.88 Å². The number of nitrogens with zero attached hydrogens (tertiary/aromatic N) is 3. The van der Waals surface area contributed by atoms with Crippen LogP contribution in [-0.4, -0.2) is 54.7 Å². The number of likely N-dealkylation sites (tertiary alicyclic amines) is 1. The predicted molar refractivity (Wildman–Crippen MR) is 97.3 cm³/mol. The van der Waals surface area contributed by atoms with Gasteiger partial charge >= 0.3 is 6.03 Å². The summed E-state index contributed by atoms with van der Waals surface area (Å²) in [6.45, 7) is 1.52. The first kappa shape index (κ1) is 20.1. The number of sulfone groups is 1. The number of hydrogen-bond donors (Lipinski definition) is 1. The minimum atomic E-state index is -4.27. The molecule has 2 aromatic rings. The third-order valence-electron chi connectivity index (χ3n) is 4.94. The van der Waals surface area contributed by atoms with Gasteiger partial charge in [0.2, 0.25) is 20.7 Å². The number of amides is 2. The number of aromatic nitrogens is 2. The minimum absolute atomic E-state index is 0.204. The Balaban J connectivity index is 1.66. The maximum atomic E-state index is 15.5. The summed E-state index contributed by atoms with van der Waals surface area (Å²) in [5, 5.41) is 3.67. The van der Waals surface area contributed by atoms with Gasteiger partial charge in [-0.05, 0) is 25.8 Å². The lowest BCUT2D eigenvalue weighted by molar-refractivity contribution is 0.117. The van der Waals surface area contributed by atoms with Gasteiger partial charge in [0, 0.05) is 37.3 Å². The summed E-state index contributed by atoms with van der Waals surface area (Å²) in [5.41, 5.74) is 0. The average molecular weight is 412 g/mol. The Bertz CT molecular complexity index is 908. The fraction of sp³-hybridized carbons (Fsp3) is 0.471. The molecule has 1 fully saturated rings. The van der Waals surface area contributed by atoms with Crippen molar-refractivity contribution < 1.29 is 26.9 Å². The highest BCUT2D eigenvalue weighted by Gasteiger charge is 2.48. The van der Waals surface area contributed by atoms with Crippen molar-refractivity contribution in [3.63, 3.8) is 0 Å². The van der Waals surface area contributed by atoms with Gasteiger partial charge in [-0.1, -0.05) is 5.16 Å². The molecule has 152 valence electrons. The number of hydrogen-bond acceptors (Lipinski definition) is 7. The number of urea groups is 1. The maximum Gasteiger partial charge on any atom is 0.323 e. The van der Waals surface area contributed by atoms with Crippen molar-refractivity contribution in [2.75, 3.05) is 25.5 Å². The van der Waals surface area contributed by atoms with Gasteiger partial charge in [0.1, 0.15) is 6.26 Å². The monoisotopic (exact) mass is 412 g/mol. The summed E-state index contributed by atoms with van der Waals surface area (Å²) in [6.07, 6.45) is 2.84. The van der Waals surface area contributed by atoms with Gasteiger partial charge in [0.15, 0.2) is 5.82 Å². The summed E-state index contributed by atoms with van der Waals surface area (Å²) in [4.78, 5) is 17.3.